The van der Waals surface area contributed by atoms with Gasteiger partial charge in [0.05, 0.1) is 6.10 Å². The molecule has 17 nitrogen and oxygen atoms in total. The molecule has 2 saturated heterocycles. The Balaban J connectivity index is 1.60. The number of carbonyl (C=O) groups is 1. The van der Waals surface area contributed by atoms with Crippen LogP contribution in [0.4, 0.5) is 0 Å². The van der Waals surface area contributed by atoms with E-state index in [-0.39, 0.29) is 11.3 Å². The predicted molar refractivity (Wildman–Crippen MR) is 141 cm³/mol. The first kappa shape index (κ1) is 31.2. The van der Waals surface area contributed by atoms with E-state index in [1.54, 1.807) is 0 Å². The number of phenols is 3. The first-order valence-corrected chi connectivity index (χ1v) is 13.0. The number of aliphatic hydroxyl groups excluding tert-OH is 6. The van der Waals surface area contributed by atoms with Gasteiger partial charge in [0.25, 0.3) is 0 Å². The van der Waals surface area contributed by atoms with E-state index in [4.69, 9.17) is 23.4 Å². The zero-order valence-electron chi connectivity index (χ0n) is 22.5. The number of phenolic OH excluding ortho intramolecular Hbond substituents is 3. The molecule has 0 bridgehead atoms. The molecular formula is C27H28O17. The van der Waals surface area contributed by atoms with Crippen molar-refractivity contribution in [3.05, 3.63) is 40.6 Å². The predicted octanol–water partition coefficient (Wildman–Crippen LogP) is -1.95. The quantitative estimate of drug-likeness (QED) is 0.133. The van der Waals surface area contributed by atoms with E-state index in [2.05, 4.69) is 0 Å². The number of carboxylic acid groups (broad SMARTS) is 1. The van der Waals surface area contributed by atoms with Crippen molar-refractivity contribution in [1.82, 2.24) is 0 Å². The van der Waals surface area contributed by atoms with Crippen LogP contribution in [0.25, 0.3) is 22.3 Å². The first-order chi connectivity index (χ1) is 20.7. The number of aromatic hydroxyl groups is 3. The van der Waals surface area contributed by atoms with Gasteiger partial charge in [0, 0.05) is 17.7 Å². The molecule has 0 aliphatic carbocycles. The van der Waals surface area contributed by atoms with Crippen molar-refractivity contribution in [1.29, 1.82) is 0 Å². The van der Waals surface area contributed by atoms with Crippen molar-refractivity contribution in [2.24, 2.45) is 0 Å². The third-order valence-corrected chi connectivity index (χ3v) is 7.25. The maximum absolute atomic E-state index is 13.7. The lowest BCUT2D eigenvalue weighted by Gasteiger charge is -2.38. The summed E-state index contributed by atoms with van der Waals surface area (Å²) in [6.45, 7) is 1.37. The zero-order valence-corrected chi connectivity index (χ0v) is 22.5. The van der Waals surface area contributed by atoms with Gasteiger partial charge in [0.2, 0.25) is 23.8 Å². The fourth-order valence-corrected chi connectivity index (χ4v) is 4.80. The van der Waals surface area contributed by atoms with Crippen molar-refractivity contribution in [2.75, 3.05) is 0 Å². The normalized spacial score (nSPS) is 32.3. The van der Waals surface area contributed by atoms with E-state index >= 15 is 0 Å². The zero-order chi connectivity index (χ0) is 32.2. The second-order valence-corrected chi connectivity index (χ2v) is 10.3. The summed E-state index contributed by atoms with van der Waals surface area (Å²) in [7, 11) is 0. The molecule has 3 heterocycles. The minimum absolute atomic E-state index is 0.0634. The summed E-state index contributed by atoms with van der Waals surface area (Å²) in [5.41, 5.74) is -1.51. The van der Waals surface area contributed by atoms with Crippen molar-refractivity contribution in [3.8, 4) is 40.1 Å². The molecule has 0 unspecified atom stereocenters. The number of ether oxygens (including phenoxy) is 4. The molecule has 0 saturated carbocycles. The van der Waals surface area contributed by atoms with Crippen LogP contribution in [0.1, 0.15) is 6.92 Å². The number of benzene rings is 2. The van der Waals surface area contributed by atoms with Gasteiger partial charge < -0.3 is 74.4 Å². The Morgan fingerprint density at radius 2 is 1.39 bits per heavy atom. The van der Waals surface area contributed by atoms with Crippen LogP contribution < -0.4 is 14.9 Å². The third-order valence-electron chi connectivity index (χ3n) is 7.25. The Bertz CT molecular complexity index is 1620. The molecule has 2 aromatic carbocycles. The van der Waals surface area contributed by atoms with E-state index < -0.39 is 113 Å². The monoisotopic (exact) mass is 624 g/mol. The molecular weight excluding hydrogens is 596 g/mol. The average molecular weight is 625 g/mol. The lowest BCUT2D eigenvalue weighted by molar-refractivity contribution is -0.271. The summed E-state index contributed by atoms with van der Waals surface area (Å²) < 4.78 is 27.4. The van der Waals surface area contributed by atoms with E-state index in [0.717, 1.165) is 24.3 Å². The van der Waals surface area contributed by atoms with Crippen LogP contribution in [-0.2, 0) is 14.3 Å². The minimum Gasteiger partial charge on any atom is -0.507 e. The highest BCUT2D eigenvalue weighted by molar-refractivity contribution is 5.88. The molecule has 238 valence electrons. The summed E-state index contributed by atoms with van der Waals surface area (Å²) in [6.07, 6.45) is -17.7. The van der Waals surface area contributed by atoms with Gasteiger partial charge in [-0.05, 0) is 25.1 Å². The molecule has 10 atom stereocenters. The average Bonchev–Trinajstić information content (AvgIpc) is 2.97. The molecule has 17 heteroatoms. The Labute approximate surface area is 245 Å². The lowest BCUT2D eigenvalue weighted by atomic mass is 9.99. The Morgan fingerprint density at radius 3 is 2.02 bits per heavy atom. The van der Waals surface area contributed by atoms with Gasteiger partial charge in [-0.1, -0.05) is 0 Å². The van der Waals surface area contributed by atoms with E-state index in [1.807, 2.05) is 0 Å². The first-order valence-electron chi connectivity index (χ1n) is 13.0. The van der Waals surface area contributed by atoms with E-state index in [0.29, 0.717) is 0 Å². The van der Waals surface area contributed by atoms with Gasteiger partial charge in [-0.15, -0.1) is 0 Å². The summed E-state index contributed by atoms with van der Waals surface area (Å²) in [5, 5.41) is 100. The van der Waals surface area contributed by atoms with Crippen molar-refractivity contribution in [3.63, 3.8) is 0 Å². The van der Waals surface area contributed by atoms with Crippen molar-refractivity contribution < 1.29 is 79.2 Å². The maximum atomic E-state index is 13.7. The van der Waals surface area contributed by atoms with Crippen LogP contribution in [0.3, 0.4) is 0 Å². The summed E-state index contributed by atoms with van der Waals surface area (Å²) >= 11 is 0. The Hall–Kier alpha value is -4.20. The van der Waals surface area contributed by atoms with Crippen LogP contribution in [0.15, 0.2) is 39.5 Å². The molecule has 10 N–H and O–H groups in total. The molecule has 3 aromatic rings. The molecule has 2 aliphatic heterocycles. The molecule has 2 fully saturated rings. The Morgan fingerprint density at radius 1 is 0.750 bits per heavy atom. The lowest BCUT2D eigenvalue weighted by Crippen LogP contribution is -2.61. The van der Waals surface area contributed by atoms with Crippen LogP contribution in [-0.4, -0.2) is 118 Å². The standard InChI is InChI=1S/C27H28O17/c1-7-15(31)17(33)20(36)26(40-7)43-23-16(32)14-12(30)5-9(41-27-21(37)18(34)19(35)24(44-27)25(38)39)6-13(14)42-22(23)8-2-3-10(28)11(29)4-8/h2-7,15,17-21,24,26-31,33-37H,1H3,(H,38,39)/t7-,15-,17+,18-,19-,20+,21+,24-,26-,27+/m0/s1. The van der Waals surface area contributed by atoms with Crippen molar-refractivity contribution in [2.45, 2.75) is 68.3 Å². The fraction of sp³-hybridized carbons (Fsp3) is 0.407. The number of carboxylic acids is 1. The van der Waals surface area contributed by atoms with E-state index in [1.165, 1.54) is 13.0 Å². The van der Waals surface area contributed by atoms with Gasteiger partial charge in [0.15, 0.2) is 23.4 Å². The summed E-state index contributed by atoms with van der Waals surface area (Å²) in [6, 6.07) is 5.17. The minimum atomic E-state index is -1.99. The highest BCUT2D eigenvalue weighted by Crippen LogP contribution is 2.40. The molecule has 0 spiro atoms. The Kier molecular flexibility index (Phi) is 8.31. The molecule has 44 heavy (non-hydrogen) atoms. The molecule has 0 amide bonds. The second-order valence-electron chi connectivity index (χ2n) is 10.3. The van der Waals surface area contributed by atoms with Crippen LogP contribution in [0.2, 0.25) is 0 Å². The van der Waals surface area contributed by atoms with E-state index in [9.17, 15) is 60.7 Å². The number of aliphatic carboxylic acids is 1. The molecule has 2 aliphatic rings. The number of aliphatic hydroxyl groups is 6. The largest absolute Gasteiger partial charge is 0.507 e. The van der Waals surface area contributed by atoms with Crippen molar-refractivity contribution >= 4 is 16.9 Å². The smallest absolute Gasteiger partial charge is 0.335 e. The fourth-order valence-electron chi connectivity index (χ4n) is 4.80. The van der Waals surface area contributed by atoms with Gasteiger partial charge in [-0.25, -0.2) is 4.79 Å². The molecule has 5 rings (SSSR count). The van der Waals surface area contributed by atoms with Gasteiger partial charge in [-0.2, -0.15) is 0 Å². The van der Waals surface area contributed by atoms with Gasteiger partial charge in [0.1, 0.15) is 59.1 Å². The van der Waals surface area contributed by atoms with Crippen LogP contribution in [0.5, 0.6) is 28.7 Å². The summed E-state index contributed by atoms with van der Waals surface area (Å²) in [5.74, 6) is -5.08. The van der Waals surface area contributed by atoms with Crippen LogP contribution in [0, 0.1) is 0 Å². The van der Waals surface area contributed by atoms with Gasteiger partial charge >= 0.3 is 5.97 Å². The van der Waals surface area contributed by atoms with Gasteiger partial charge in [-0.3, -0.25) is 4.79 Å². The highest BCUT2D eigenvalue weighted by Gasteiger charge is 2.48. The number of rotatable bonds is 6. The third kappa shape index (κ3) is 5.46. The van der Waals surface area contributed by atoms with Crippen LogP contribution >= 0.6 is 0 Å². The number of hydrogen-bond acceptors (Lipinski definition) is 16. The number of fused-ring (bicyclic) bond motifs is 1. The molecule has 1 aromatic heterocycles. The summed E-state index contributed by atoms with van der Waals surface area (Å²) in [4.78, 5) is 25.1. The SMILES string of the molecule is C[C@@H]1O[C@@H](Oc2c(-c3ccc(O)c(O)c3)oc3cc(O[C@@H]4O[C@H](C(=O)O)[C@@H](O)[C@H](O)[C@H]4O)cc(O)c3c2=O)[C@H](O)[C@H](O)[C@H]1O. The maximum Gasteiger partial charge on any atom is 0.335 e. The highest BCUT2D eigenvalue weighted by atomic mass is 16.7. The topological polar surface area (TPSA) is 286 Å². The molecule has 0 radical (unpaired) electrons. The number of hydrogen-bond donors (Lipinski definition) is 10. The second kappa shape index (κ2) is 11.7.